The first-order valence-corrected chi connectivity index (χ1v) is 8.97. The van der Waals surface area contributed by atoms with Gasteiger partial charge >= 0.3 is 0 Å². The van der Waals surface area contributed by atoms with Crippen LogP contribution in [0.3, 0.4) is 0 Å². The molecule has 4 rings (SSSR count). The molecule has 0 saturated carbocycles. The van der Waals surface area contributed by atoms with Gasteiger partial charge in [0.1, 0.15) is 6.04 Å². The van der Waals surface area contributed by atoms with E-state index in [1.807, 2.05) is 30.3 Å². The van der Waals surface area contributed by atoms with E-state index >= 15 is 0 Å². The van der Waals surface area contributed by atoms with E-state index in [-0.39, 0.29) is 24.1 Å². The van der Waals surface area contributed by atoms with Gasteiger partial charge in [0.05, 0.1) is 17.7 Å². The average Bonchev–Trinajstić information content (AvgIpc) is 2.77. The predicted molar refractivity (Wildman–Crippen MR) is 97.8 cm³/mol. The first kappa shape index (κ1) is 16.5. The van der Waals surface area contributed by atoms with E-state index in [0.29, 0.717) is 24.2 Å². The van der Waals surface area contributed by atoms with Gasteiger partial charge in [0, 0.05) is 6.54 Å². The van der Waals surface area contributed by atoms with Crippen molar-refractivity contribution in [3.8, 4) is 0 Å². The number of carbonyl (C=O) groups is 3. The fraction of sp³-hybridized carbons (Fsp3) is 0.286. The first-order valence-electron chi connectivity index (χ1n) is 8.97. The van der Waals surface area contributed by atoms with Gasteiger partial charge < -0.3 is 4.90 Å². The molecule has 1 atom stereocenters. The van der Waals surface area contributed by atoms with Gasteiger partial charge in [-0.15, -0.1) is 0 Å². The van der Waals surface area contributed by atoms with E-state index in [2.05, 4.69) is 0 Å². The second-order valence-corrected chi connectivity index (χ2v) is 6.76. The Hall–Kier alpha value is -2.95. The average molecular weight is 348 g/mol. The molecular weight excluding hydrogens is 328 g/mol. The molecular formula is C21H20N2O3. The van der Waals surface area contributed by atoms with Gasteiger partial charge in [-0.1, -0.05) is 42.5 Å². The molecule has 2 aliphatic heterocycles. The van der Waals surface area contributed by atoms with Crippen LogP contribution < -0.4 is 4.90 Å². The number of carbonyl (C=O) groups excluding carboxylic acids is 3. The zero-order valence-electron chi connectivity index (χ0n) is 14.4. The Bertz CT molecular complexity index is 863. The molecule has 0 N–H and O–H groups in total. The van der Waals surface area contributed by atoms with Gasteiger partial charge in [-0.05, 0) is 37.0 Å². The zero-order chi connectivity index (χ0) is 18.1. The number of fused-ring (bicyclic) bond motifs is 2. The summed E-state index contributed by atoms with van der Waals surface area (Å²) in [5.41, 5.74) is 1.67. The van der Waals surface area contributed by atoms with Gasteiger partial charge in [0.25, 0.3) is 11.8 Å². The zero-order valence-corrected chi connectivity index (χ0v) is 14.4. The van der Waals surface area contributed by atoms with E-state index in [4.69, 9.17) is 0 Å². The van der Waals surface area contributed by atoms with Crippen molar-refractivity contribution in [2.75, 3.05) is 11.4 Å². The molecule has 0 unspecified atom stereocenters. The molecule has 26 heavy (non-hydrogen) atoms. The van der Waals surface area contributed by atoms with Crippen LogP contribution in [0.5, 0.6) is 0 Å². The van der Waals surface area contributed by atoms with Crippen LogP contribution in [0.4, 0.5) is 5.69 Å². The third-order valence-electron chi connectivity index (χ3n) is 5.09. The van der Waals surface area contributed by atoms with Crippen LogP contribution in [0.1, 0.15) is 35.2 Å². The summed E-state index contributed by atoms with van der Waals surface area (Å²) >= 11 is 0. The fourth-order valence-corrected chi connectivity index (χ4v) is 3.81. The van der Waals surface area contributed by atoms with Crippen molar-refractivity contribution in [1.82, 2.24) is 4.90 Å². The minimum atomic E-state index is -0.552. The highest BCUT2D eigenvalue weighted by Gasteiger charge is 2.42. The summed E-state index contributed by atoms with van der Waals surface area (Å²) in [5.74, 6) is -0.744. The molecule has 2 aliphatic rings. The van der Waals surface area contributed by atoms with E-state index in [9.17, 15) is 14.4 Å². The molecule has 0 aliphatic carbocycles. The smallest absolute Gasteiger partial charge is 0.256 e. The van der Waals surface area contributed by atoms with Crippen molar-refractivity contribution < 1.29 is 14.4 Å². The van der Waals surface area contributed by atoms with Crippen LogP contribution in [-0.2, 0) is 16.0 Å². The van der Waals surface area contributed by atoms with Gasteiger partial charge in [-0.2, -0.15) is 0 Å². The van der Waals surface area contributed by atoms with Crippen LogP contribution in [0.15, 0.2) is 54.6 Å². The number of amides is 3. The monoisotopic (exact) mass is 348 g/mol. The lowest BCUT2D eigenvalue weighted by Crippen LogP contribution is -2.52. The molecule has 132 valence electrons. The number of para-hydroxylation sites is 1. The predicted octanol–water partition coefficient (Wildman–Crippen LogP) is 2.80. The van der Waals surface area contributed by atoms with E-state index in [0.717, 1.165) is 18.4 Å². The number of rotatable bonds is 2. The Morgan fingerprint density at radius 1 is 0.962 bits per heavy atom. The van der Waals surface area contributed by atoms with Crippen LogP contribution in [0.2, 0.25) is 0 Å². The molecule has 1 saturated heterocycles. The maximum absolute atomic E-state index is 13.2. The number of benzene rings is 2. The summed E-state index contributed by atoms with van der Waals surface area (Å²) in [6.07, 6.45) is 2.50. The fourth-order valence-electron chi connectivity index (χ4n) is 3.81. The minimum absolute atomic E-state index is 0.127. The van der Waals surface area contributed by atoms with Gasteiger partial charge in [0.2, 0.25) is 5.91 Å². The number of anilines is 1. The quantitative estimate of drug-likeness (QED) is 0.838. The molecule has 0 spiro atoms. The van der Waals surface area contributed by atoms with Crippen molar-refractivity contribution in [1.29, 1.82) is 0 Å². The maximum Gasteiger partial charge on any atom is 0.256 e. The maximum atomic E-state index is 13.2. The number of hydrogen-bond acceptors (Lipinski definition) is 3. The number of piperidine rings is 1. The van der Waals surface area contributed by atoms with Crippen molar-refractivity contribution in [2.24, 2.45) is 0 Å². The van der Waals surface area contributed by atoms with Gasteiger partial charge in [0.15, 0.2) is 0 Å². The van der Waals surface area contributed by atoms with Crippen LogP contribution in [-0.4, -0.2) is 35.2 Å². The molecule has 0 aromatic heterocycles. The summed E-state index contributed by atoms with van der Waals surface area (Å²) in [4.78, 5) is 42.1. The first-order chi connectivity index (χ1) is 12.7. The van der Waals surface area contributed by atoms with Gasteiger partial charge in [-0.25, -0.2) is 4.90 Å². The normalized spacial score (nSPS) is 19.6. The van der Waals surface area contributed by atoms with E-state index in [1.165, 1.54) is 4.90 Å². The molecule has 5 heteroatoms. The lowest BCUT2D eigenvalue weighted by Gasteiger charge is -2.34. The Balaban J connectivity index is 1.76. The number of hydrogen-bond donors (Lipinski definition) is 0. The van der Waals surface area contributed by atoms with Crippen LogP contribution >= 0.6 is 0 Å². The second-order valence-electron chi connectivity index (χ2n) is 6.76. The molecule has 2 heterocycles. The molecule has 1 fully saturated rings. The summed E-state index contributed by atoms with van der Waals surface area (Å²) < 4.78 is 0. The number of imide groups is 1. The van der Waals surface area contributed by atoms with E-state index < -0.39 is 6.04 Å². The third-order valence-corrected chi connectivity index (χ3v) is 5.09. The third kappa shape index (κ3) is 2.79. The highest BCUT2D eigenvalue weighted by atomic mass is 16.2. The Labute approximate surface area is 152 Å². The molecule has 3 amide bonds. The number of nitrogens with zero attached hydrogens (tertiary/aromatic N) is 2. The SMILES string of the molecule is O=C(Cc1ccccc1)N1C(=O)[C@H]2CCCCN2C(=O)c2ccccc21. The minimum Gasteiger partial charge on any atom is -0.327 e. The van der Waals surface area contributed by atoms with E-state index in [1.54, 1.807) is 29.2 Å². The highest BCUT2D eigenvalue weighted by molar-refractivity contribution is 6.22. The standard InChI is InChI=1S/C21H20N2O3/c24-19(14-15-8-2-1-3-9-15)23-17-11-5-4-10-16(17)20(25)22-13-7-6-12-18(22)21(23)26/h1-5,8-11,18H,6-7,12-14H2/t18-/m1/s1. The highest BCUT2D eigenvalue weighted by Crippen LogP contribution is 2.32. The topological polar surface area (TPSA) is 57.7 Å². The summed E-state index contributed by atoms with van der Waals surface area (Å²) in [6.45, 7) is 0.560. The van der Waals surface area contributed by atoms with Crippen LogP contribution in [0, 0.1) is 0 Å². The van der Waals surface area contributed by atoms with Crippen molar-refractivity contribution in [3.63, 3.8) is 0 Å². The molecule has 5 nitrogen and oxygen atoms in total. The Morgan fingerprint density at radius 2 is 1.69 bits per heavy atom. The van der Waals surface area contributed by atoms with Crippen molar-refractivity contribution >= 4 is 23.4 Å². The summed E-state index contributed by atoms with van der Waals surface area (Å²) in [7, 11) is 0. The molecule has 0 radical (unpaired) electrons. The summed E-state index contributed by atoms with van der Waals surface area (Å²) in [6, 6.07) is 15.7. The Kier molecular flexibility index (Phi) is 4.29. The van der Waals surface area contributed by atoms with Gasteiger partial charge in [-0.3, -0.25) is 14.4 Å². The van der Waals surface area contributed by atoms with Crippen molar-refractivity contribution in [3.05, 3.63) is 65.7 Å². The van der Waals surface area contributed by atoms with Crippen molar-refractivity contribution in [2.45, 2.75) is 31.7 Å². The molecule has 0 bridgehead atoms. The summed E-state index contributed by atoms with van der Waals surface area (Å²) in [5, 5.41) is 0. The second kappa shape index (κ2) is 6.75. The van der Waals surface area contributed by atoms with Crippen LogP contribution in [0.25, 0.3) is 0 Å². The molecule has 2 aromatic rings. The lowest BCUT2D eigenvalue weighted by atomic mass is 10.0. The lowest BCUT2D eigenvalue weighted by molar-refractivity contribution is -0.129. The Morgan fingerprint density at radius 3 is 2.50 bits per heavy atom. The molecule has 2 aromatic carbocycles. The largest absolute Gasteiger partial charge is 0.327 e.